The summed E-state index contributed by atoms with van der Waals surface area (Å²) in [4.78, 5) is 0. The van der Waals surface area contributed by atoms with Crippen molar-refractivity contribution < 1.29 is 9.47 Å². The molecule has 1 fully saturated rings. The molecule has 0 radical (unpaired) electrons. The summed E-state index contributed by atoms with van der Waals surface area (Å²) in [6.07, 6.45) is -0.217. The van der Waals surface area contributed by atoms with Crippen molar-refractivity contribution in [2.45, 2.75) is 6.29 Å². The number of ether oxygens (including phenoxy) is 2. The van der Waals surface area contributed by atoms with Crippen LogP contribution in [0.25, 0.3) is 11.1 Å². The molecule has 0 spiro atoms. The summed E-state index contributed by atoms with van der Waals surface area (Å²) in [5.74, 6) is 0. The van der Waals surface area contributed by atoms with Crippen LogP contribution < -0.4 is 0 Å². The van der Waals surface area contributed by atoms with Gasteiger partial charge < -0.3 is 9.47 Å². The Morgan fingerprint density at radius 2 is 1.56 bits per heavy atom. The topological polar surface area (TPSA) is 18.5 Å². The fourth-order valence-electron chi connectivity index (χ4n) is 2.07. The molecule has 1 aliphatic heterocycles. The minimum Gasteiger partial charge on any atom is -0.346 e. The van der Waals surface area contributed by atoms with E-state index in [-0.39, 0.29) is 6.29 Å². The molecule has 1 aliphatic rings. The van der Waals surface area contributed by atoms with Crippen LogP contribution in [0.3, 0.4) is 0 Å². The molecule has 0 unspecified atom stereocenters. The quantitative estimate of drug-likeness (QED) is 0.811. The Bertz CT molecular complexity index is 530. The van der Waals surface area contributed by atoms with Gasteiger partial charge in [-0.2, -0.15) is 0 Å². The number of hydrogen-bond donors (Lipinski definition) is 0. The van der Waals surface area contributed by atoms with Crippen LogP contribution in [-0.4, -0.2) is 13.2 Å². The highest BCUT2D eigenvalue weighted by Gasteiger charge is 2.17. The highest BCUT2D eigenvalue weighted by molar-refractivity contribution is 6.33. The van der Waals surface area contributed by atoms with Gasteiger partial charge in [0.05, 0.1) is 13.2 Å². The van der Waals surface area contributed by atoms with Crippen LogP contribution >= 0.6 is 11.6 Å². The molecule has 2 nitrogen and oxygen atoms in total. The molecule has 0 N–H and O–H groups in total. The van der Waals surface area contributed by atoms with Crippen LogP contribution in [0.1, 0.15) is 11.9 Å². The lowest BCUT2D eigenvalue weighted by Gasteiger charge is -2.10. The minimum atomic E-state index is -0.217. The third-order valence-electron chi connectivity index (χ3n) is 2.99. The Morgan fingerprint density at radius 3 is 2.22 bits per heavy atom. The average molecular weight is 261 g/mol. The third-order valence-corrected chi connectivity index (χ3v) is 3.32. The second-order valence-electron chi connectivity index (χ2n) is 4.18. The van der Waals surface area contributed by atoms with E-state index in [9.17, 15) is 0 Å². The molecule has 1 heterocycles. The Morgan fingerprint density at radius 1 is 0.889 bits per heavy atom. The van der Waals surface area contributed by atoms with Crippen molar-refractivity contribution in [3.63, 3.8) is 0 Å². The first-order valence-electron chi connectivity index (χ1n) is 5.93. The lowest BCUT2D eigenvalue weighted by molar-refractivity contribution is -0.0441. The standard InChI is InChI=1S/C15H13ClO2/c16-14-4-2-1-3-13(14)11-5-7-12(8-6-11)15-17-9-10-18-15/h1-8,15H,9-10H2. The van der Waals surface area contributed by atoms with E-state index in [4.69, 9.17) is 21.1 Å². The van der Waals surface area contributed by atoms with Crippen LogP contribution in [0.15, 0.2) is 48.5 Å². The number of benzene rings is 2. The van der Waals surface area contributed by atoms with Crippen LogP contribution in [0.5, 0.6) is 0 Å². The van der Waals surface area contributed by atoms with Crippen molar-refractivity contribution in [2.24, 2.45) is 0 Å². The van der Waals surface area contributed by atoms with Crippen molar-refractivity contribution in [3.05, 3.63) is 59.1 Å². The zero-order valence-electron chi connectivity index (χ0n) is 9.80. The summed E-state index contributed by atoms with van der Waals surface area (Å²) < 4.78 is 10.9. The second-order valence-corrected chi connectivity index (χ2v) is 4.58. The first-order valence-corrected chi connectivity index (χ1v) is 6.30. The summed E-state index contributed by atoms with van der Waals surface area (Å²) in [5.41, 5.74) is 3.18. The maximum Gasteiger partial charge on any atom is 0.184 e. The van der Waals surface area contributed by atoms with Crippen molar-refractivity contribution in [3.8, 4) is 11.1 Å². The fraction of sp³-hybridized carbons (Fsp3) is 0.200. The van der Waals surface area contributed by atoms with E-state index < -0.39 is 0 Å². The van der Waals surface area contributed by atoms with Gasteiger partial charge in [0.25, 0.3) is 0 Å². The maximum atomic E-state index is 6.18. The van der Waals surface area contributed by atoms with E-state index in [0.717, 1.165) is 21.7 Å². The van der Waals surface area contributed by atoms with Gasteiger partial charge in [-0.25, -0.2) is 0 Å². The predicted molar refractivity (Wildman–Crippen MR) is 71.5 cm³/mol. The Balaban J connectivity index is 1.89. The maximum absolute atomic E-state index is 6.18. The Kier molecular flexibility index (Phi) is 3.33. The van der Waals surface area contributed by atoms with E-state index in [0.29, 0.717) is 13.2 Å². The van der Waals surface area contributed by atoms with Crippen LogP contribution in [0, 0.1) is 0 Å². The van der Waals surface area contributed by atoms with Crippen molar-refractivity contribution >= 4 is 11.6 Å². The molecule has 0 amide bonds. The second kappa shape index (κ2) is 5.11. The highest BCUT2D eigenvalue weighted by Crippen LogP contribution is 2.30. The highest BCUT2D eigenvalue weighted by atomic mass is 35.5. The van der Waals surface area contributed by atoms with Gasteiger partial charge in [0, 0.05) is 16.1 Å². The van der Waals surface area contributed by atoms with Crippen molar-refractivity contribution in [1.82, 2.24) is 0 Å². The zero-order valence-corrected chi connectivity index (χ0v) is 10.6. The van der Waals surface area contributed by atoms with Gasteiger partial charge in [-0.15, -0.1) is 0 Å². The summed E-state index contributed by atoms with van der Waals surface area (Å²) in [7, 11) is 0. The van der Waals surface area contributed by atoms with E-state index in [1.165, 1.54) is 0 Å². The molecule has 0 saturated carbocycles. The van der Waals surface area contributed by atoms with Crippen molar-refractivity contribution in [1.29, 1.82) is 0 Å². The summed E-state index contributed by atoms with van der Waals surface area (Å²) >= 11 is 6.18. The SMILES string of the molecule is Clc1ccccc1-c1ccc(C2OCCO2)cc1. The molecule has 3 heteroatoms. The predicted octanol–water partition coefficient (Wildman–Crippen LogP) is 4.05. The number of hydrogen-bond acceptors (Lipinski definition) is 2. The zero-order chi connectivity index (χ0) is 12.4. The van der Waals surface area contributed by atoms with Gasteiger partial charge in [-0.1, -0.05) is 54.1 Å². The fourth-order valence-corrected chi connectivity index (χ4v) is 2.31. The van der Waals surface area contributed by atoms with Gasteiger partial charge in [-0.05, 0) is 11.6 Å². The lowest BCUT2D eigenvalue weighted by Crippen LogP contribution is -1.97. The van der Waals surface area contributed by atoms with Crippen molar-refractivity contribution in [2.75, 3.05) is 13.2 Å². The van der Waals surface area contributed by atoms with E-state index in [1.807, 2.05) is 48.5 Å². The van der Waals surface area contributed by atoms with Gasteiger partial charge in [0.2, 0.25) is 0 Å². The molecular formula is C15H13ClO2. The molecule has 2 aromatic rings. The Hall–Kier alpha value is -1.35. The number of rotatable bonds is 2. The van der Waals surface area contributed by atoms with Gasteiger partial charge in [0.15, 0.2) is 6.29 Å². The smallest absolute Gasteiger partial charge is 0.184 e. The largest absolute Gasteiger partial charge is 0.346 e. The minimum absolute atomic E-state index is 0.217. The molecule has 18 heavy (non-hydrogen) atoms. The van der Waals surface area contributed by atoms with E-state index in [2.05, 4.69) is 0 Å². The van der Waals surface area contributed by atoms with Crippen LogP contribution in [0.4, 0.5) is 0 Å². The normalized spacial score (nSPS) is 16.1. The Labute approximate surface area is 111 Å². The van der Waals surface area contributed by atoms with E-state index in [1.54, 1.807) is 0 Å². The lowest BCUT2D eigenvalue weighted by atomic mass is 10.0. The molecule has 3 rings (SSSR count). The molecule has 92 valence electrons. The molecular weight excluding hydrogens is 248 g/mol. The first kappa shape index (κ1) is 11.7. The van der Waals surface area contributed by atoms with Crippen LogP contribution in [0.2, 0.25) is 5.02 Å². The van der Waals surface area contributed by atoms with Gasteiger partial charge >= 0.3 is 0 Å². The molecule has 0 aliphatic carbocycles. The summed E-state index contributed by atoms with van der Waals surface area (Å²) in [5, 5.41) is 0.763. The molecule has 0 bridgehead atoms. The average Bonchev–Trinajstić information content (AvgIpc) is 2.94. The molecule has 0 atom stereocenters. The molecule has 2 aromatic carbocycles. The summed E-state index contributed by atoms with van der Waals surface area (Å²) in [6.45, 7) is 1.33. The van der Waals surface area contributed by atoms with Gasteiger partial charge in [-0.3, -0.25) is 0 Å². The van der Waals surface area contributed by atoms with E-state index >= 15 is 0 Å². The molecule has 1 saturated heterocycles. The third kappa shape index (κ3) is 2.27. The summed E-state index contributed by atoms with van der Waals surface area (Å²) in [6, 6.07) is 16.0. The van der Waals surface area contributed by atoms with Crippen LogP contribution in [-0.2, 0) is 9.47 Å². The monoisotopic (exact) mass is 260 g/mol. The van der Waals surface area contributed by atoms with Gasteiger partial charge in [0.1, 0.15) is 0 Å². The molecule has 0 aromatic heterocycles. The first-order chi connectivity index (χ1) is 8.84. The number of halogens is 1.